The predicted octanol–water partition coefficient (Wildman–Crippen LogP) is 5.89. The third kappa shape index (κ3) is 7.25. The van der Waals surface area contributed by atoms with E-state index in [9.17, 15) is 18.4 Å². The van der Waals surface area contributed by atoms with Crippen LogP contribution >= 0.6 is 0 Å². The first kappa shape index (κ1) is 33.5. The molecule has 3 aliphatic rings. The highest BCUT2D eigenvalue weighted by Crippen LogP contribution is 2.39. The van der Waals surface area contributed by atoms with Gasteiger partial charge in [-0.05, 0) is 102 Å². The summed E-state index contributed by atoms with van der Waals surface area (Å²) in [6.07, 6.45) is 3.82. The molecule has 2 aliphatic heterocycles. The third-order valence-electron chi connectivity index (χ3n) is 9.70. The smallest absolute Gasteiger partial charge is 0.324 e. The van der Waals surface area contributed by atoms with Gasteiger partial charge in [-0.1, -0.05) is 24.3 Å². The van der Waals surface area contributed by atoms with E-state index in [1.165, 1.54) is 17.2 Å². The SMILES string of the molecule is C[C@H]1CN([C@@H](Cc2ccc3c(c2)CCC3)C(=O)OC(C)(C)C)CCN1C(=O)[C@@H]1CN(C(C)(C)C)C[C@H]1c1ccc(F)c(F)c1F. The molecule has 0 spiro atoms. The highest BCUT2D eigenvalue weighted by Gasteiger charge is 2.46. The molecule has 246 valence electrons. The van der Waals surface area contributed by atoms with Crippen LogP contribution in [0.3, 0.4) is 0 Å². The first-order chi connectivity index (χ1) is 21.0. The van der Waals surface area contributed by atoms with Crippen LogP contribution < -0.4 is 0 Å². The summed E-state index contributed by atoms with van der Waals surface area (Å²) in [5, 5.41) is 0. The van der Waals surface area contributed by atoms with Gasteiger partial charge in [-0.3, -0.25) is 19.4 Å². The van der Waals surface area contributed by atoms with Gasteiger partial charge in [0.05, 0.1) is 5.92 Å². The average Bonchev–Trinajstić information content (AvgIpc) is 3.61. The van der Waals surface area contributed by atoms with E-state index in [1.54, 1.807) is 0 Å². The Morgan fingerprint density at radius 1 is 0.911 bits per heavy atom. The molecule has 1 aliphatic carbocycles. The van der Waals surface area contributed by atoms with Crippen LogP contribution in [0, 0.1) is 23.4 Å². The van der Waals surface area contributed by atoms with Crippen molar-refractivity contribution < 1.29 is 27.5 Å². The van der Waals surface area contributed by atoms with E-state index in [-0.39, 0.29) is 29.0 Å². The molecule has 2 heterocycles. The first-order valence-electron chi connectivity index (χ1n) is 16.3. The molecule has 2 fully saturated rings. The quantitative estimate of drug-likeness (QED) is 0.295. The molecular weight excluding hydrogens is 579 g/mol. The fourth-order valence-corrected chi connectivity index (χ4v) is 7.26. The maximum atomic E-state index is 15.1. The van der Waals surface area contributed by atoms with Crippen LogP contribution in [-0.4, -0.2) is 82.5 Å². The van der Waals surface area contributed by atoms with Crippen LogP contribution in [0.2, 0.25) is 0 Å². The second-order valence-electron chi connectivity index (χ2n) is 15.1. The number of amides is 1. The largest absolute Gasteiger partial charge is 0.459 e. The summed E-state index contributed by atoms with van der Waals surface area (Å²) in [5.74, 6) is -5.62. The van der Waals surface area contributed by atoms with E-state index < -0.39 is 40.9 Å². The summed E-state index contributed by atoms with van der Waals surface area (Å²) < 4.78 is 49.1. The normalized spacial score (nSPS) is 23.7. The van der Waals surface area contributed by atoms with Crippen LogP contribution in [0.25, 0.3) is 0 Å². The number of esters is 1. The highest BCUT2D eigenvalue weighted by molar-refractivity contribution is 5.81. The van der Waals surface area contributed by atoms with Gasteiger partial charge in [0.25, 0.3) is 0 Å². The number of rotatable bonds is 6. The Bertz CT molecular complexity index is 1430. The summed E-state index contributed by atoms with van der Waals surface area (Å²) in [4.78, 5) is 33.9. The van der Waals surface area contributed by atoms with Gasteiger partial charge < -0.3 is 9.64 Å². The van der Waals surface area contributed by atoms with Crippen LogP contribution in [0.4, 0.5) is 13.2 Å². The number of ether oxygens (including phenoxy) is 1. The minimum atomic E-state index is -1.51. The molecule has 2 aromatic carbocycles. The molecule has 4 atom stereocenters. The van der Waals surface area contributed by atoms with Crippen molar-refractivity contribution in [1.29, 1.82) is 0 Å². The molecule has 9 heteroatoms. The van der Waals surface area contributed by atoms with Crippen LogP contribution in [0.5, 0.6) is 0 Å². The lowest BCUT2D eigenvalue weighted by Crippen LogP contribution is -2.60. The Morgan fingerprint density at radius 2 is 1.62 bits per heavy atom. The highest BCUT2D eigenvalue weighted by atomic mass is 19.2. The molecule has 5 rings (SSSR count). The van der Waals surface area contributed by atoms with Gasteiger partial charge in [0, 0.05) is 50.2 Å². The number of fused-ring (bicyclic) bond motifs is 1. The lowest BCUT2D eigenvalue weighted by molar-refractivity contribution is -0.163. The lowest BCUT2D eigenvalue weighted by atomic mass is 9.87. The van der Waals surface area contributed by atoms with Crippen molar-refractivity contribution in [1.82, 2.24) is 14.7 Å². The summed E-state index contributed by atoms with van der Waals surface area (Å²) in [6, 6.07) is 8.00. The monoisotopic (exact) mass is 627 g/mol. The fraction of sp³-hybridized carbons (Fsp3) is 0.611. The second kappa shape index (κ2) is 12.7. The zero-order valence-electron chi connectivity index (χ0n) is 27.8. The van der Waals surface area contributed by atoms with E-state index in [1.807, 2.05) is 53.4 Å². The number of piperazine rings is 1. The summed E-state index contributed by atoms with van der Waals surface area (Å²) in [5.41, 5.74) is 2.93. The van der Waals surface area contributed by atoms with E-state index in [0.717, 1.165) is 30.9 Å². The van der Waals surface area contributed by atoms with Crippen LogP contribution in [0.15, 0.2) is 30.3 Å². The number of benzene rings is 2. The summed E-state index contributed by atoms with van der Waals surface area (Å²) in [7, 11) is 0. The Balaban J connectivity index is 1.36. The van der Waals surface area contributed by atoms with Crippen molar-refractivity contribution in [3.8, 4) is 0 Å². The van der Waals surface area contributed by atoms with Gasteiger partial charge in [0.1, 0.15) is 11.6 Å². The zero-order chi connectivity index (χ0) is 32.8. The minimum absolute atomic E-state index is 0.0321. The van der Waals surface area contributed by atoms with Gasteiger partial charge in [0.2, 0.25) is 5.91 Å². The molecule has 2 saturated heterocycles. The van der Waals surface area contributed by atoms with E-state index in [2.05, 4.69) is 28.0 Å². The Morgan fingerprint density at radius 3 is 2.29 bits per heavy atom. The zero-order valence-corrected chi connectivity index (χ0v) is 27.8. The Labute approximate surface area is 265 Å². The molecule has 0 N–H and O–H groups in total. The Hall–Kier alpha value is -2.91. The van der Waals surface area contributed by atoms with Crippen molar-refractivity contribution in [2.45, 2.75) is 103 Å². The number of carbonyl (C=O) groups is 2. The van der Waals surface area contributed by atoms with Crippen molar-refractivity contribution in [2.24, 2.45) is 5.92 Å². The van der Waals surface area contributed by atoms with Crippen molar-refractivity contribution in [2.75, 3.05) is 32.7 Å². The number of likely N-dealkylation sites (tertiary alicyclic amines) is 1. The molecule has 0 aromatic heterocycles. The van der Waals surface area contributed by atoms with Crippen LogP contribution in [-0.2, 0) is 33.6 Å². The lowest BCUT2D eigenvalue weighted by Gasteiger charge is -2.44. The van der Waals surface area contributed by atoms with Crippen molar-refractivity contribution >= 4 is 11.9 Å². The number of nitrogens with zero attached hydrogens (tertiary/aromatic N) is 3. The molecule has 0 radical (unpaired) electrons. The van der Waals surface area contributed by atoms with Gasteiger partial charge in [-0.2, -0.15) is 0 Å². The van der Waals surface area contributed by atoms with E-state index in [0.29, 0.717) is 39.1 Å². The number of aryl methyl sites for hydroxylation is 2. The molecule has 0 unspecified atom stereocenters. The molecule has 0 bridgehead atoms. The number of halogens is 3. The predicted molar refractivity (Wildman–Crippen MR) is 168 cm³/mol. The standard InChI is InChI=1S/C36H48F3N3O3/c1-22-19-40(30(34(44)45-36(5,6)7)18-23-11-12-24-9-8-10-25(24)17-23)15-16-42(22)33(43)28-21-41(35(2,3)4)20-27(28)26-13-14-29(37)32(39)31(26)38/h11-14,17,22,27-28,30H,8-10,15-16,18-21H2,1-7H3/t22-,27-,28+,30-/m0/s1. The van der Waals surface area contributed by atoms with Crippen LogP contribution in [0.1, 0.15) is 83.1 Å². The molecule has 6 nitrogen and oxygen atoms in total. The molecule has 45 heavy (non-hydrogen) atoms. The van der Waals surface area contributed by atoms with Gasteiger partial charge in [0.15, 0.2) is 17.5 Å². The van der Waals surface area contributed by atoms with E-state index in [4.69, 9.17) is 4.74 Å². The summed E-state index contributed by atoms with van der Waals surface area (Å²) >= 11 is 0. The number of carbonyl (C=O) groups excluding carboxylic acids is 2. The van der Waals surface area contributed by atoms with Crippen molar-refractivity contribution in [3.63, 3.8) is 0 Å². The maximum Gasteiger partial charge on any atom is 0.324 e. The number of hydrogen-bond acceptors (Lipinski definition) is 5. The molecule has 0 saturated carbocycles. The topological polar surface area (TPSA) is 53.1 Å². The number of hydrogen-bond donors (Lipinski definition) is 0. The summed E-state index contributed by atoms with van der Waals surface area (Å²) in [6.45, 7) is 15.7. The van der Waals surface area contributed by atoms with Gasteiger partial charge in [-0.15, -0.1) is 0 Å². The third-order valence-corrected chi connectivity index (χ3v) is 9.70. The fourth-order valence-electron chi connectivity index (χ4n) is 7.26. The molecule has 1 amide bonds. The van der Waals surface area contributed by atoms with E-state index >= 15 is 4.39 Å². The van der Waals surface area contributed by atoms with Crippen molar-refractivity contribution in [3.05, 3.63) is 70.0 Å². The van der Waals surface area contributed by atoms with Gasteiger partial charge in [-0.25, -0.2) is 13.2 Å². The molecular formula is C36H48F3N3O3. The Kier molecular flexibility index (Phi) is 9.45. The minimum Gasteiger partial charge on any atom is -0.459 e. The first-order valence-corrected chi connectivity index (χ1v) is 16.3. The molecule has 2 aromatic rings. The average molecular weight is 628 g/mol. The van der Waals surface area contributed by atoms with Gasteiger partial charge >= 0.3 is 5.97 Å². The second-order valence-corrected chi connectivity index (χ2v) is 15.1. The maximum absolute atomic E-state index is 15.1.